The first-order chi connectivity index (χ1) is 25.2. The highest BCUT2D eigenvalue weighted by Gasteiger charge is 2.46. The van der Waals surface area contributed by atoms with E-state index in [-0.39, 0.29) is 41.8 Å². The summed E-state index contributed by atoms with van der Waals surface area (Å²) in [7, 11) is 0. The summed E-state index contributed by atoms with van der Waals surface area (Å²) in [5.74, 6) is -5.73. The molecule has 6 rings (SSSR count). The van der Waals surface area contributed by atoms with Gasteiger partial charge in [-0.3, -0.25) is 19.2 Å². The molecule has 4 aromatic rings. The van der Waals surface area contributed by atoms with Gasteiger partial charge in [0.15, 0.2) is 0 Å². The van der Waals surface area contributed by atoms with Crippen molar-refractivity contribution in [3.8, 4) is 0 Å². The van der Waals surface area contributed by atoms with Crippen LogP contribution in [0.1, 0.15) is 114 Å². The average Bonchev–Trinajstić information content (AvgIpc) is 3.60. The lowest BCUT2D eigenvalue weighted by molar-refractivity contribution is -0.187. The van der Waals surface area contributed by atoms with Crippen LogP contribution in [0.5, 0.6) is 0 Å². The quantitative estimate of drug-likeness (QED) is 0.0985. The van der Waals surface area contributed by atoms with Gasteiger partial charge in [0.1, 0.15) is 37.3 Å². The van der Waals surface area contributed by atoms with Crippen LogP contribution in [0.3, 0.4) is 0 Å². The second-order valence-electron chi connectivity index (χ2n) is 14.2. The van der Waals surface area contributed by atoms with Crippen LogP contribution in [0.4, 0.5) is 26.3 Å². The molecule has 2 aliphatic carbocycles. The summed E-state index contributed by atoms with van der Waals surface area (Å²) in [6, 6.07) is 7.14. The molecular weight excluding hydrogens is 763 g/mol. The van der Waals surface area contributed by atoms with E-state index in [1.807, 2.05) is 26.0 Å². The monoisotopic (exact) mass is 800 g/mol. The SMILES string of the molecule is CCC(=O)OC1c2cc3sc4c5cc6c(cc5sc4c3cc2C(OC(=O)CC)C(C)C1C)C(OC(=O)CC(F)(F)F)C(C)C(C)C6OC(=O)CC(F)(F)F. The lowest BCUT2D eigenvalue weighted by Crippen LogP contribution is -2.35. The molecule has 16 heteroatoms. The largest absolute Gasteiger partial charge is 0.457 e. The van der Waals surface area contributed by atoms with E-state index in [0.717, 1.165) is 19.5 Å². The van der Waals surface area contributed by atoms with Crippen molar-refractivity contribution in [3.63, 3.8) is 0 Å². The predicted octanol–water partition coefficient (Wildman–Crippen LogP) is 10.9. The van der Waals surface area contributed by atoms with Crippen LogP contribution in [0.2, 0.25) is 0 Å². The van der Waals surface area contributed by atoms with Crippen LogP contribution in [-0.2, 0) is 38.1 Å². The van der Waals surface area contributed by atoms with Crippen molar-refractivity contribution in [2.45, 2.75) is 104 Å². The number of benzene rings is 2. The molecule has 2 heterocycles. The Hall–Kier alpha value is -3.92. The molecule has 0 spiro atoms. The van der Waals surface area contributed by atoms with Crippen molar-refractivity contribution in [1.29, 1.82) is 0 Å². The van der Waals surface area contributed by atoms with Gasteiger partial charge in [0.2, 0.25) is 0 Å². The molecular formula is C38H38F6O8S2. The lowest BCUT2D eigenvalue weighted by Gasteiger charge is -2.40. The van der Waals surface area contributed by atoms with Gasteiger partial charge in [-0.2, -0.15) is 26.3 Å². The van der Waals surface area contributed by atoms with Gasteiger partial charge < -0.3 is 18.9 Å². The topological polar surface area (TPSA) is 105 Å². The molecule has 0 amide bonds. The molecule has 0 aliphatic heterocycles. The fourth-order valence-corrected chi connectivity index (χ4v) is 10.2. The molecule has 54 heavy (non-hydrogen) atoms. The summed E-state index contributed by atoms with van der Waals surface area (Å²) in [6.07, 6.45) is -16.7. The van der Waals surface area contributed by atoms with E-state index in [9.17, 15) is 45.5 Å². The minimum atomic E-state index is -4.84. The Bertz CT molecular complexity index is 2130. The fraction of sp³-hybridized carbons (Fsp3) is 0.526. The standard InChI is InChI=1S/C38H38F6O8S2/c1-7-27(45)49-31-15(3)17(5)33(50-28(46)8-2)21-11-25-23(9-19(21)31)35-36(53-25)24-10-20-22(12-26(24)54-35)34(52-30(48)14-38(42,43)44)18(6)16(4)32(20)51-29(47)13-37(39,40)41/h9-12,15-18,31-34H,7-8,13-14H2,1-6H3. The maximum absolute atomic E-state index is 13.2. The van der Waals surface area contributed by atoms with Crippen LogP contribution in [0, 0.1) is 23.7 Å². The Morgan fingerprint density at radius 2 is 0.796 bits per heavy atom. The molecule has 2 aliphatic rings. The normalized spacial score (nSPS) is 25.6. The number of carbonyl (C=O) groups excluding carboxylic acids is 4. The van der Waals surface area contributed by atoms with E-state index in [1.165, 1.54) is 22.7 Å². The van der Waals surface area contributed by atoms with Crippen molar-refractivity contribution < 1.29 is 64.5 Å². The van der Waals surface area contributed by atoms with Crippen LogP contribution in [-0.4, -0.2) is 36.2 Å². The van der Waals surface area contributed by atoms with Crippen LogP contribution in [0.15, 0.2) is 24.3 Å². The van der Waals surface area contributed by atoms with Gasteiger partial charge in [-0.05, 0) is 24.3 Å². The first kappa shape index (κ1) is 39.8. The number of halogens is 6. The van der Waals surface area contributed by atoms with Crippen LogP contribution in [0.25, 0.3) is 29.6 Å². The number of alkyl halides is 6. The highest BCUT2D eigenvalue weighted by molar-refractivity contribution is 7.36. The number of hydrogen-bond donors (Lipinski definition) is 0. The molecule has 0 radical (unpaired) electrons. The number of fused-ring (bicyclic) bond motifs is 7. The second kappa shape index (κ2) is 14.6. The zero-order valence-corrected chi connectivity index (χ0v) is 31.7. The zero-order valence-electron chi connectivity index (χ0n) is 30.1. The maximum atomic E-state index is 13.2. The molecule has 292 valence electrons. The van der Waals surface area contributed by atoms with Gasteiger partial charge in [-0.15, -0.1) is 22.7 Å². The van der Waals surface area contributed by atoms with Gasteiger partial charge in [0.05, 0.1) is 9.40 Å². The molecule has 0 saturated heterocycles. The van der Waals surface area contributed by atoms with Gasteiger partial charge in [0.25, 0.3) is 0 Å². The minimum absolute atomic E-state index is 0.156. The third-order valence-electron chi connectivity index (χ3n) is 10.6. The summed E-state index contributed by atoms with van der Waals surface area (Å²) in [5.41, 5.74) is 1.86. The second-order valence-corrected chi connectivity index (χ2v) is 16.3. The summed E-state index contributed by atoms with van der Waals surface area (Å²) in [6.45, 7) is 10.4. The fourth-order valence-electron chi connectivity index (χ4n) is 7.46. The van der Waals surface area contributed by atoms with E-state index in [4.69, 9.17) is 18.9 Å². The molecule has 8 atom stereocenters. The van der Waals surface area contributed by atoms with E-state index in [0.29, 0.717) is 21.2 Å². The summed E-state index contributed by atoms with van der Waals surface area (Å²) >= 11 is 2.76. The lowest BCUT2D eigenvalue weighted by atomic mass is 9.73. The Balaban J connectivity index is 1.53. The van der Waals surface area contributed by atoms with Gasteiger partial charge >= 0.3 is 36.2 Å². The minimum Gasteiger partial charge on any atom is -0.457 e. The van der Waals surface area contributed by atoms with Gasteiger partial charge in [-0.1, -0.05) is 41.5 Å². The van der Waals surface area contributed by atoms with Gasteiger partial charge in [-0.25, -0.2) is 0 Å². The predicted molar refractivity (Wildman–Crippen MR) is 189 cm³/mol. The highest BCUT2D eigenvalue weighted by atomic mass is 32.1. The van der Waals surface area contributed by atoms with E-state index < -0.39 is 79.4 Å². The first-order valence-corrected chi connectivity index (χ1v) is 19.2. The maximum Gasteiger partial charge on any atom is 0.399 e. The third kappa shape index (κ3) is 7.64. The summed E-state index contributed by atoms with van der Waals surface area (Å²) in [4.78, 5) is 50.2. The number of carbonyl (C=O) groups is 4. The molecule has 0 saturated carbocycles. The van der Waals surface area contributed by atoms with E-state index >= 15 is 0 Å². The Kier molecular flexibility index (Phi) is 10.8. The molecule has 8 unspecified atom stereocenters. The van der Waals surface area contributed by atoms with E-state index in [2.05, 4.69) is 0 Å². The van der Waals surface area contributed by atoms with Crippen molar-refractivity contribution in [3.05, 3.63) is 46.5 Å². The molecule has 0 N–H and O–H groups in total. The van der Waals surface area contributed by atoms with Crippen LogP contribution >= 0.6 is 22.7 Å². The molecule has 2 aromatic carbocycles. The molecule has 0 bridgehead atoms. The third-order valence-corrected chi connectivity index (χ3v) is 13.1. The highest BCUT2D eigenvalue weighted by Crippen LogP contribution is 2.55. The number of ether oxygens (including phenoxy) is 4. The van der Waals surface area contributed by atoms with Crippen molar-refractivity contribution in [1.82, 2.24) is 0 Å². The average molecular weight is 801 g/mol. The van der Waals surface area contributed by atoms with Gasteiger partial charge in [0, 0.05) is 78.9 Å². The number of rotatable bonds is 8. The number of hydrogen-bond acceptors (Lipinski definition) is 10. The zero-order chi connectivity index (χ0) is 39.6. The molecule has 0 fully saturated rings. The summed E-state index contributed by atoms with van der Waals surface area (Å²) in [5, 5.41) is 1.45. The Morgan fingerprint density at radius 1 is 0.519 bits per heavy atom. The van der Waals surface area contributed by atoms with Crippen LogP contribution < -0.4 is 0 Å². The smallest absolute Gasteiger partial charge is 0.399 e. The van der Waals surface area contributed by atoms with Crippen molar-refractivity contribution in [2.75, 3.05) is 0 Å². The number of esters is 4. The first-order valence-electron chi connectivity index (χ1n) is 17.6. The molecule has 8 nitrogen and oxygen atoms in total. The van der Waals surface area contributed by atoms with Crippen molar-refractivity contribution in [2.24, 2.45) is 23.7 Å². The van der Waals surface area contributed by atoms with Crippen molar-refractivity contribution >= 4 is 76.1 Å². The summed E-state index contributed by atoms with van der Waals surface area (Å²) < 4.78 is 105. The van der Waals surface area contributed by atoms with E-state index in [1.54, 1.807) is 39.8 Å². The Labute approximate surface area is 314 Å². The number of thiophene rings is 2. The molecule has 2 aromatic heterocycles. The Morgan fingerprint density at radius 3 is 1.07 bits per heavy atom.